The molecular formula is C29H28ClNO6. The van der Waals surface area contributed by atoms with E-state index in [2.05, 4.69) is 0 Å². The third-order valence-corrected chi connectivity index (χ3v) is 6.27. The molecule has 7 nitrogen and oxygen atoms in total. The Morgan fingerprint density at radius 1 is 0.973 bits per heavy atom. The predicted octanol–water partition coefficient (Wildman–Crippen LogP) is 6.08. The summed E-state index contributed by atoms with van der Waals surface area (Å²) in [6, 6.07) is 16.4. The highest BCUT2D eigenvalue weighted by atomic mass is 35.5. The number of hydrogen-bond acceptors (Lipinski definition) is 6. The molecule has 0 aliphatic carbocycles. The molecule has 3 aromatic carbocycles. The molecule has 0 spiro atoms. The molecule has 1 fully saturated rings. The van der Waals surface area contributed by atoms with E-state index in [0.29, 0.717) is 22.7 Å². The van der Waals surface area contributed by atoms with Crippen molar-refractivity contribution in [3.05, 3.63) is 87.9 Å². The number of nitrogens with zero attached hydrogens (tertiary/aromatic N) is 1. The van der Waals surface area contributed by atoms with Crippen LogP contribution < -0.4 is 19.1 Å². The van der Waals surface area contributed by atoms with E-state index in [1.165, 1.54) is 19.1 Å². The van der Waals surface area contributed by atoms with Crippen LogP contribution in [0.4, 0.5) is 5.69 Å². The second kappa shape index (κ2) is 10.6. The molecule has 1 aliphatic heterocycles. The van der Waals surface area contributed by atoms with E-state index in [4.69, 9.17) is 25.8 Å². The number of aryl methyl sites for hydroxylation is 1. The van der Waals surface area contributed by atoms with E-state index in [9.17, 15) is 14.7 Å². The van der Waals surface area contributed by atoms with Crippen molar-refractivity contribution in [2.45, 2.75) is 32.9 Å². The molecule has 1 aliphatic rings. The fourth-order valence-corrected chi connectivity index (χ4v) is 4.78. The predicted molar refractivity (Wildman–Crippen MR) is 143 cm³/mol. The molecule has 0 aromatic heterocycles. The van der Waals surface area contributed by atoms with Gasteiger partial charge in [0.15, 0.2) is 0 Å². The lowest BCUT2D eigenvalue weighted by Gasteiger charge is -2.26. The molecule has 0 bridgehead atoms. The zero-order valence-corrected chi connectivity index (χ0v) is 22.0. The lowest BCUT2D eigenvalue weighted by atomic mass is 9.94. The number of aliphatic hydroxyl groups is 1. The molecule has 1 atom stereocenters. The number of benzene rings is 3. The quantitative estimate of drug-likeness (QED) is 0.230. The Bertz CT molecular complexity index is 1380. The molecule has 1 saturated heterocycles. The number of ether oxygens (including phenoxy) is 3. The fraction of sp³-hybridized carbons (Fsp3) is 0.241. The molecular weight excluding hydrogens is 494 g/mol. The topological polar surface area (TPSA) is 85.3 Å². The minimum atomic E-state index is -0.927. The van der Waals surface area contributed by atoms with Gasteiger partial charge in [0.2, 0.25) is 0 Å². The van der Waals surface area contributed by atoms with Crippen LogP contribution in [-0.4, -0.2) is 37.1 Å². The lowest BCUT2D eigenvalue weighted by Crippen LogP contribution is -2.29. The van der Waals surface area contributed by atoms with Crippen LogP contribution in [0.1, 0.15) is 36.6 Å². The Morgan fingerprint density at radius 3 is 2.30 bits per heavy atom. The van der Waals surface area contributed by atoms with Crippen LogP contribution in [0.2, 0.25) is 5.02 Å². The van der Waals surface area contributed by atoms with Gasteiger partial charge in [0.25, 0.3) is 11.7 Å². The summed E-state index contributed by atoms with van der Waals surface area (Å²) in [7, 11) is 2.94. The Balaban J connectivity index is 1.96. The third kappa shape index (κ3) is 5.00. The van der Waals surface area contributed by atoms with Gasteiger partial charge in [0.05, 0.1) is 42.5 Å². The van der Waals surface area contributed by atoms with Crippen LogP contribution in [0.25, 0.3) is 5.76 Å². The van der Waals surface area contributed by atoms with Crippen LogP contribution in [-0.2, 0) is 9.59 Å². The SMILES string of the molecule is COc1cccc(N2C(=O)C(=O)/C(=C(/O)c3cc(C)cc(Cl)c3OC)C2c2ccc(OC(C)C)cc2)c1. The number of ketones is 1. The smallest absolute Gasteiger partial charge is 0.300 e. The molecule has 37 heavy (non-hydrogen) atoms. The van der Waals surface area contributed by atoms with Gasteiger partial charge in [-0.2, -0.15) is 0 Å². The van der Waals surface area contributed by atoms with E-state index in [1.54, 1.807) is 60.7 Å². The summed E-state index contributed by atoms with van der Waals surface area (Å²) >= 11 is 6.37. The van der Waals surface area contributed by atoms with Gasteiger partial charge < -0.3 is 19.3 Å². The van der Waals surface area contributed by atoms with Crippen LogP contribution in [0.5, 0.6) is 17.2 Å². The highest BCUT2D eigenvalue weighted by Crippen LogP contribution is 2.45. The minimum absolute atomic E-state index is 0.0215. The van der Waals surface area contributed by atoms with Gasteiger partial charge in [-0.05, 0) is 68.3 Å². The second-order valence-corrected chi connectivity index (χ2v) is 9.34. The van der Waals surface area contributed by atoms with Crippen molar-refractivity contribution in [3.8, 4) is 17.2 Å². The van der Waals surface area contributed by atoms with Gasteiger partial charge in [-0.1, -0.05) is 29.8 Å². The van der Waals surface area contributed by atoms with Crippen molar-refractivity contribution in [2.75, 3.05) is 19.1 Å². The number of carbonyl (C=O) groups is 2. The van der Waals surface area contributed by atoms with E-state index < -0.39 is 17.7 Å². The van der Waals surface area contributed by atoms with E-state index in [0.717, 1.165) is 5.56 Å². The van der Waals surface area contributed by atoms with Crippen molar-refractivity contribution in [1.82, 2.24) is 0 Å². The maximum absolute atomic E-state index is 13.5. The average Bonchev–Trinajstić information content (AvgIpc) is 3.13. The van der Waals surface area contributed by atoms with E-state index in [-0.39, 0.29) is 33.8 Å². The third-order valence-electron chi connectivity index (χ3n) is 5.99. The first-order chi connectivity index (χ1) is 17.7. The standard InChI is InChI=1S/C29H28ClNO6/c1-16(2)37-20-11-9-18(10-12-20)25-24(26(32)22-13-17(3)14-23(30)28(22)36-5)27(33)29(34)31(25)19-7-6-8-21(15-19)35-4/h6-16,25,32H,1-5H3/b26-24+. The molecule has 3 aromatic rings. The molecule has 1 heterocycles. The molecule has 0 radical (unpaired) electrons. The van der Waals surface area contributed by atoms with Crippen molar-refractivity contribution < 1.29 is 28.9 Å². The molecule has 4 rings (SSSR count). The number of halogens is 1. The van der Waals surface area contributed by atoms with Gasteiger partial charge >= 0.3 is 0 Å². The monoisotopic (exact) mass is 521 g/mol. The number of amides is 1. The largest absolute Gasteiger partial charge is 0.507 e. The summed E-state index contributed by atoms with van der Waals surface area (Å²) < 4.78 is 16.5. The molecule has 1 N–H and O–H groups in total. The zero-order valence-electron chi connectivity index (χ0n) is 21.2. The minimum Gasteiger partial charge on any atom is -0.507 e. The number of rotatable bonds is 7. The van der Waals surface area contributed by atoms with Crippen molar-refractivity contribution >= 4 is 34.7 Å². The van der Waals surface area contributed by atoms with Gasteiger partial charge in [0, 0.05) is 11.8 Å². The summed E-state index contributed by atoms with van der Waals surface area (Å²) in [5.41, 5.74) is 1.95. The lowest BCUT2D eigenvalue weighted by molar-refractivity contribution is -0.132. The number of Topliss-reactive ketones (excluding diaryl/α,β-unsaturated/α-hetero) is 1. The van der Waals surface area contributed by atoms with Gasteiger partial charge in [-0.3, -0.25) is 14.5 Å². The second-order valence-electron chi connectivity index (χ2n) is 8.93. The number of anilines is 1. The number of hydrogen-bond donors (Lipinski definition) is 1. The van der Waals surface area contributed by atoms with Crippen molar-refractivity contribution in [1.29, 1.82) is 0 Å². The van der Waals surface area contributed by atoms with Crippen LogP contribution in [0, 0.1) is 6.92 Å². The molecule has 1 amide bonds. The van der Waals surface area contributed by atoms with Crippen molar-refractivity contribution in [2.24, 2.45) is 0 Å². The van der Waals surface area contributed by atoms with Gasteiger partial charge in [0.1, 0.15) is 23.0 Å². The Hall–Kier alpha value is -3.97. The molecule has 1 unspecified atom stereocenters. The summed E-state index contributed by atoms with van der Waals surface area (Å²) in [5, 5.41) is 11.8. The first-order valence-electron chi connectivity index (χ1n) is 11.7. The first kappa shape index (κ1) is 26.1. The Kier molecular flexibility index (Phi) is 7.45. The highest BCUT2D eigenvalue weighted by molar-refractivity contribution is 6.51. The summed E-state index contributed by atoms with van der Waals surface area (Å²) in [4.78, 5) is 28.3. The van der Waals surface area contributed by atoms with E-state index in [1.807, 2.05) is 20.8 Å². The van der Waals surface area contributed by atoms with Crippen LogP contribution >= 0.6 is 11.6 Å². The van der Waals surface area contributed by atoms with Crippen molar-refractivity contribution in [3.63, 3.8) is 0 Å². The van der Waals surface area contributed by atoms with Gasteiger partial charge in [-0.15, -0.1) is 0 Å². The maximum atomic E-state index is 13.5. The number of carbonyl (C=O) groups excluding carboxylic acids is 2. The number of aliphatic hydroxyl groups excluding tert-OH is 1. The zero-order chi connectivity index (χ0) is 26.9. The van der Waals surface area contributed by atoms with Gasteiger partial charge in [-0.25, -0.2) is 0 Å². The summed E-state index contributed by atoms with van der Waals surface area (Å²) in [6.45, 7) is 5.65. The summed E-state index contributed by atoms with van der Waals surface area (Å²) in [6.07, 6.45) is -0.0215. The number of methoxy groups -OCH3 is 2. The fourth-order valence-electron chi connectivity index (χ4n) is 4.43. The molecule has 0 saturated carbocycles. The maximum Gasteiger partial charge on any atom is 0.300 e. The first-order valence-corrected chi connectivity index (χ1v) is 12.1. The summed E-state index contributed by atoms with van der Waals surface area (Å²) in [5.74, 6) is -0.613. The average molecular weight is 522 g/mol. The van der Waals surface area contributed by atoms with Crippen LogP contribution in [0.15, 0.2) is 66.2 Å². The molecule has 8 heteroatoms. The van der Waals surface area contributed by atoms with E-state index >= 15 is 0 Å². The normalized spacial score (nSPS) is 16.8. The molecule has 192 valence electrons. The Labute approximate surface area is 220 Å². The Morgan fingerprint density at radius 2 is 1.68 bits per heavy atom. The highest BCUT2D eigenvalue weighted by Gasteiger charge is 2.47. The van der Waals surface area contributed by atoms with Crippen LogP contribution in [0.3, 0.4) is 0 Å².